The monoisotopic (exact) mass is 637 g/mol. The lowest BCUT2D eigenvalue weighted by atomic mass is 9.86. The molecule has 3 aromatic carbocycles. The number of aliphatic imine (C=N–C) groups is 1. The number of nitrogens with one attached hydrogen (secondary N) is 3. The topological polar surface area (TPSA) is 113 Å². The lowest BCUT2D eigenvalue weighted by Gasteiger charge is -2.28. The van der Waals surface area contributed by atoms with Gasteiger partial charge in [-0.1, -0.05) is 12.1 Å². The number of allylic oxidation sites excluding steroid dienone is 1. The Morgan fingerprint density at radius 3 is 2.66 bits per heavy atom. The average molecular weight is 638 g/mol. The number of imidazole rings is 1. The number of hydrogen-bond acceptors (Lipinski definition) is 7. The molecule has 242 valence electrons. The lowest BCUT2D eigenvalue weighted by Crippen LogP contribution is -2.35. The van der Waals surface area contributed by atoms with E-state index in [1.165, 1.54) is 6.07 Å². The van der Waals surface area contributed by atoms with Crippen LogP contribution in [0.25, 0.3) is 22.2 Å². The highest BCUT2D eigenvalue weighted by atomic mass is 19.1. The van der Waals surface area contributed by atoms with E-state index in [2.05, 4.69) is 42.2 Å². The minimum atomic E-state index is -0.810. The minimum Gasteiger partial charge on any atom is -0.448 e. The molecular formula is C36H37F2N7O2. The van der Waals surface area contributed by atoms with E-state index in [4.69, 9.17) is 4.74 Å². The van der Waals surface area contributed by atoms with Crippen LogP contribution in [0.15, 0.2) is 69.9 Å². The molecular weight excluding hydrogens is 600 g/mol. The van der Waals surface area contributed by atoms with Crippen molar-refractivity contribution in [2.75, 3.05) is 40.3 Å². The van der Waals surface area contributed by atoms with Gasteiger partial charge in [0.05, 0.1) is 28.9 Å². The summed E-state index contributed by atoms with van der Waals surface area (Å²) in [6.07, 6.45) is 5.52. The van der Waals surface area contributed by atoms with Gasteiger partial charge < -0.3 is 24.9 Å². The number of ether oxygens (including phenoxy) is 1. The molecule has 1 atom stereocenters. The van der Waals surface area contributed by atoms with Gasteiger partial charge in [-0.25, -0.2) is 13.6 Å². The molecule has 1 spiro atoms. The molecule has 3 fully saturated rings. The van der Waals surface area contributed by atoms with E-state index < -0.39 is 11.6 Å². The summed E-state index contributed by atoms with van der Waals surface area (Å²) in [4.78, 5) is 26.3. The predicted molar refractivity (Wildman–Crippen MR) is 177 cm³/mol. The molecule has 0 amide bonds. The number of nitrogens with zero attached hydrogens (tertiary/aromatic N) is 4. The Kier molecular flexibility index (Phi) is 8.06. The largest absolute Gasteiger partial charge is 0.448 e. The van der Waals surface area contributed by atoms with Gasteiger partial charge in [0.25, 0.3) is 0 Å². The van der Waals surface area contributed by atoms with E-state index in [1.54, 1.807) is 25.4 Å². The van der Waals surface area contributed by atoms with Crippen molar-refractivity contribution in [1.82, 2.24) is 25.1 Å². The van der Waals surface area contributed by atoms with Gasteiger partial charge in [-0.3, -0.25) is 9.89 Å². The van der Waals surface area contributed by atoms with Crippen LogP contribution in [0.5, 0.6) is 5.75 Å². The zero-order valence-corrected chi connectivity index (χ0v) is 26.5. The molecule has 0 radical (unpaired) electrons. The molecule has 1 saturated carbocycles. The number of aromatic nitrogens is 2. The summed E-state index contributed by atoms with van der Waals surface area (Å²) in [5.74, 6) is -0.330. The van der Waals surface area contributed by atoms with Crippen LogP contribution in [-0.2, 0) is 6.54 Å². The van der Waals surface area contributed by atoms with Crippen LogP contribution in [0.1, 0.15) is 48.3 Å². The van der Waals surface area contributed by atoms with Gasteiger partial charge in [-0.05, 0) is 85.2 Å². The summed E-state index contributed by atoms with van der Waals surface area (Å²) >= 11 is 0. The maximum Gasteiger partial charge on any atom is 0.323 e. The number of fused-ring (bicyclic) bond motifs is 1. The van der Waals surface area contributed by atoms with Crippen LogP contribution in [-0.4, -0.2) is 66.3 Å². The van der Waals surface area contributed by atoms with E-state index in [0.29, 0.717) is 28.3 Å². The molecule has 3 N–H and O–H groups in total. The first-order chi connectivity index (χ1) is 22.8. The Bertz CT molecular complexity index is 2000. The fourth-order valence-corrected chi connectivity index (χ4v) is 7.33. The highest BCUT2D eigenvalue weighted by Crippen LogP contribution is 2.47. The summed E-state index contributed by atoms with van der Waals surface area (Å²) < 4.78 is 36.7. The van der Waals surface area contributed by atoms with Crippen molar-refractivity contribution in [2.24, 2.45) is 10.4 Å². The van der Waals surface area contributed by atoms with Crippen molar-refractivity contribution >= 4 is 17.2 Å². The number of benzene rings is 3. The SMILES string of the molecule is CN=CC(Oc1c(F)cc(F)cc1-c1ccc(C#N)cc1C1CC1)=C(NC)N1CCC2(CCN(Cc3ccc4[nH]c(=O)[nH]c4c3)C2)C1. The molecule has 3 heterocycles. The summed E-state index contributed by atoms with van der Waals surface area (Å²) in [6.45, 7) is 4.26. The van der Waals surface area contributed by atoms with Crippen LogP contribution >= 0.6 is 0 Å². The van der Waals surface area contributed by atoms with Crippen LogP contribution in [0.4, 0.5) is 8.78 Å². The average Bonchev–Trinajstić information content (AvgIpc) is 3.56. The number of rotatable bonds is 9. The molecule has 1 unspecified atom stereocenters. The Morgan fingerprint density at radius 2 is 1.89 bits per heavy atom. The number of likely N-dealkylation sites (tertiary alicyclic amines) is 2. The van der Waals surface area contributed by atoms with Crippen LogP contribution in [0, 0.1) is 28.4 Å². The quantitative estimate of drug-likeness (QED) is 0.162. The molecule has 4 aromatic rings. The number of H-pyrrole nitrogens is 2. The van der Waals surface area contributed by atoms with E-state index in [-0.39, 0.29) is 22.8 Å². The van der Waals surface area contributed by atoms with Crippen molar-refractivity contribution in [3.8, 4) is 22.9 Å². The molecule has 3 aliphatic rings. The van der Waals surface area contributed by atoms with Crippen molar-refractivity contribution in [2.45, 2.75) is 38.1 Å². The van der Waals surface area contributed by atoms with Crippen LogP contribution < -0.4 is 15.7 Å². The molecule has 1 aliphatic carbocycles. The first kappa shape index (κ1) is 30.7. The summed E-state index contributed by atoms with van der Waals surface area (Å²) in [5.41, 5.74) is 5.01. The van der Waals surface area contributed by atoms with Crippen molar-refractivity contribution < 1.29 is 13.5 Å². The van der Waals surface area contributed by atoms with E-state index in [1.807, 2.05) is 25.2 Å². The van der Waals surface area contributed by atoms with Crippen LogP contribution in [0.2, 0.25) is 0 Å². The van der Waals surface area contributed by atoms with Gasteiger partial charge >= 0.3 is 5.69 Å². The molecule has 11 heteroatoms. The molecule has 7 rings (SSSR count). The lowest BCUT2D eigenvalue weighted by molar-refractivity contribution is 0.246. The van der Waals surface area contributed by atoms with Crippen molar-refractivity contribution in [3.63, 3.8) is 0 Å². The second kappa shape index (κ2) is 12.3. The number of aromatic amines is 2. The highest BCUT2D eigenvalue weighted by Gasteiger charge is 2.44. The van der Waals surface area contributed by atoms with Crippen molar-refractivity contribution in [3.05, 3.63) is 98.9 Å². The molecule has 1 aromatic heterocycles. The number of hydrogen-bond donors (Lipinski definition) is 3. The second-order valence-electron chi connectivity index (χ2n) is 13.0. The Balaban J connectivity index is 1.15. The summed E-state index contributed by atoms with van der Waals surface area (Å²) in [7, 11) is 3.44. The molecule has 9 nitrogen and oxygen atoms in total. The Morgan fingerprint density at radius 1 is 1.09 bits per heavy atom. The highest BCUT2D eigenvalue weighted by molar-refractivity contribution is 5.80. The Labute approximate surface area is 271 Å². The van der Waals surface area contributed by atoms with Gasteiger partial charge in [0.2, 0.25) is 0 Å². The maximum atomic E-state index is 15.6. The van der Waals surface area contributed by atoms with Gasteiger partial charge in [0.15, 0.2) is 17.3 Å². The number of halogens is 2. The third-order valence-corrected chi connectivity index (χ3v) is 9.68. The fourth-order valence-electron chi connectivity index (χ4n) is 7.33. The molecule has 2 saturated heterocycles. The zero-order chi connectivity index (χ0) is 32.7. The Hall–Kier alpha value is -4.95. The minimum absolute atomic E-state index is 0.0804. The third-order valence-electron chi connectivity index (χ3n) is 9.68. The molecule has 0 bridgehead atoms. The van der Waals surface area contributed by atoms with E-state index in [9.17, 15) is 14.4 Å². The van der Waals surface area contributed by atoms with Crippen molar-refractivity contribution in [1.29, 1.82) is 5.26 Å². The van der Waals surface area contributed by atoms with E-state index >= 15 is 4.39 Å². The summed E-state index contributed by atoms with van der Waals surface area (Å²) in [5, 5.41) is 12.8. The van der Waals surface area contributed by atoms with E-state index in [0.717, 1.165) is 86.6 Å². The van der Waals surface area contributed by atoms with Gasteiger partial charge in [0.1, 0.15) is 11.6 Å². The van der Waals surface area contributed by atoms with Gasteiger partial charge in [-0.2, -0.15) is 5.26 Å². The molecule has 2 aliphatic heterocycles. The maximum absolute atomic E-state index is 15.6. The normalized spacial score (nSPS) is 20.4. The summed E-state index contributed by atoms with van der Waals surface area (Å²) in [6, 6.07) is 15.6. The number of nitriles is 1. The first-order valence-corrected chi connectivity index (χ1v) is 16.0. The second-order valence-corrected chi connectivity index (χ2v) is 13.0. The zero-order valence-electron chi connectivity index (χ0n) is 26.5. The van der Waals surface area contributed by atoms with Gasteiger partial charge in [-0.15, -0.1) is 0 Å². The van der Waals surface area contributed by atoms with Crippen LogP contribution in [0.3, 0.4) is 0 Å². The predicted octanol–water partition coefficient (Wildman–Crippen LogP) is 5.62. The smallest absolute Gasteiger partial charge is 0.323 e. The first-order valence-electron chi connectivity index (χ1n) is 16.0. The van der Waals surface area contributed by atoms with Gasteiger partial charge in [0, 0.05) is 57.3 Å². The standard InChI is InChI=1S/C36H37F2N7O2/c1-40-18-32(47-33-28(15-25(37)16-29(33)38)26-7-3-22(17-39)13-27(26)24-5-6-24)34(41-2)45-12-10-36(21-45)9-11-44(20-36)19-23-4-8-30-31(14-23)43-35(46)42-30/h3-4,7-8,13-16,18,24,41H,5-6,9-12,19-21H2,1-2H3,(H2,42,43,46). The molecule has 47 heavy (non-hydrogen) atoms. The fraction of sp³-hybridized carbons (Fsp3) is 0.361. The third kappa shape index (κ3) is 6.13.